The van der Waals surface area contributed by atoms with Crippen LogP contribution in [0.15, 0.2) is 22.1 Å². The van der Waals surface area contributed by atoms with Gasteiger partial charge in [0, 0.05) is 14.1 Å². The van der Waals surface area contributed by atoms with Crippen molar-refractivity contribution in [1.29, 1.82) is 0 Å². The SMILES string of the molecule is CN=C(C)c1cc(C)cc(C(C)=NC)n1.[Cl-].[Cl-].[V+2]. The van der Waals surface area contributed by atoms with Crippen LogP contribution in [0, 0.1) is 6.92 Å². The van der Waals surface area contributed by atoms with Crippen LogP contribution in [-0.4, -0.2) is 30.5 Å². The average Bonchev–Trinajstić information content (AvgIpc) is 2.26. The third-order valence-corrected chi connectivity index (χ3v) is 2.38. The molecule has 0 atom stereocenters. The number of nitrogens with zero attached hydrogens (tertiary/aromatic N) is 3. The Bertz CT molecular complexity index is 395. The Labute approximate surface area is 133 Å². The Morgan fingerprint density at radius 1 is 0.944 bits per heavy atom. The number of halogens is 2. The molecule has 99 valence electrons. The van der Waals surface area contributed by atoms with Gasteiger partial charge in [0.15, 0.2) is 0 Å². The molecule has 1 rings (SSSR count). The molecule has 0 bridgehead atoms. The number of pyridine rings is 1. The summed E-state index contributed by atoms with van der Waals surface area (Å²) in [6.07, 6.45) is 0. The molecule has 0 aromatic carbocycles. The van der Waals surface area contributed by atoms with E-state index in [0.717, 1.165) is 22.8 Å². The van der Waals surface area contributed by atoms with Gasteiger partial charge in [-0.2, -0.15) is 0 Å². The van der Waals surface area contributed by atoms with Gasteiger partial charge in [-0.1, -0.05) is 0 Å². The maximum Gasteiger partial charge on any atom is 2.00 e. The van der Waals surface area contributed by atoms with Gasteiger partial charge in [-0.05, 0) is 38.5 Å². The number of hydrogen-bond acceptors (Lipinski definition) is 3. The molecule has 1 aromatic rings. The fourth-order valence-electron chi connectivity index (χ4n) is 1.27. The van der Waals surface area contributed by atoms with Crippen LogP contribution in [-0.2, 0) is 18.6 Å². The Morgan fingerprint density at radius 3 is 1.56 bits per heavy atom. The summed E-state index contributed by atoms with van der Waals surface area (Å²) >= 11 is 0. The molecule has 0 aliphatic heterocycles. The maximum absolute atomic E-state index is 4.51. The summed E-state index contributed by atoms with van der Waals surface area (Å²) in [7, 11) is 3.56. The van der Waals surface area contributed by atoms with E-state index in [1.807, 2.05) is 26.0 Å². The summed E-state index contributed by atoms with van der Waals surface area (Å²) < 4.78 is 0. The quantitative estimate of drug-likeness (QED) is 0.516. The number of aliphatic imine (C=N–C) groups is 2. The summed E-state index contributed by atoms with van der Waals surface area (Å²) in [4.78, 5) is 12.8. The molecule has 0 fully saturated rings. The van der Waals surface area contributed by atoms with Gasteiger partial charge in [-0.3, -0.25) is 9.98 Å². The molecule has 0 saturated heterocycles. The first-order valence-corrected chi connectivity index (χ1v) is 4.94. The van der Waals surface area contributed by atoms with Crippen molar-refractivity contribution >= 4 is 11.4 Å². The monoisotopic (exact) mass is 324 g/mol. The molecular weight excluding hydrogens is 308 g/mol. The molecule has 0 unspecified atom stereocenters. The normalized spacial score (nSPS) is 10.9. The van der Waals surface area contributed by atoms with Crippen LogP contribution < -0.4 is 24.8 Å². The summed E-state index contributed by atoms with van der Waals surface area (Å²) in [5, 5.41) is 0. The van der Waals surface area contributed by atoms with Gasteiger partial charge >= 0.3 is 18.6 Å². The molecule has 1 radical (unpaired) electrons. The smallest absolute Gasteiger partial charge is 1.00 e. The second-order valence-electron chi connectivity index (χ2n) is 3.53. The predicted octanol–water partition coefficient (Wildman–Crippen LogP) is -3.73. The first-order chi connectivity index (χ1) is 7.08. The first-order valence-electron chi connectivity index (χ1n) is 4.94. The maximum atomic E-state index is 4.51. The van der Waals surface area contributed by atoms with E-state index in [2.05, 4.69) is 21.9 Å². The molecule has 1 heterocycles. The van der Waals surface area contributed by atoms with Gasteiger partial charge in [-0.25, -0.2) is 4.98 Å². The van der Waals surface area contributed by atoms with Crippen LogP contribution in [0.5, 0.6) is 0 Å². The third-order valence-electron chi connectivity index (χ3n) is 2.38. The number of hydrogen-bond donors (Lipinski definition) is 0. The standard InChI is InChI=1S/C12H17N3.2ClH.V/c1-8-6-11(9(2)13-4)15-12(7-8)10(3)14-5;;;/h6-7H,1-5H3;2*1H;/q;;;+2/p-2. The summed E-state index contributed by atoms with van der Waals surface area (Å²) in [5.41, 5.74) is 4.93. The second-order valence-corrected chi connectivity index (χ2v) is 3.53. The van der Waals surface area contributed by atoms with Crippen LogP contribution in [0.25, 0.3) is 0 Å². The Morgan fingerprint density at radius 2 is 1.28 bits per heavy atom. The van der Waals surface area contributed by atoms with Crippen molar-refractivity contribution in [2.75, 3.05) is 14.1 Å². The van der Waals surface area contributed by atoms with Crippen LogP contribution in [0.4, 0.5) is 0 Å². The minimum absolute atomic E-state index is 0. The van der Waals surface area contributed by atoms with E-state index in [1.165, 1.54) is 5.56 Å². The van der Waals surface area contributed by atoms with E-state index in [9.17, 15) is 0 Å². The Balaban J connectivity index is -0.000000750. The fourth-order valence-corrected chi connectivity index (χ4v) is 1.27. The van der Waals surface area contributed by atoms with Crippen molar-refractivity contribution < 1.29 is 43.4 Å². The van der Waals surface area contributed by atoms with Crippen LogP contribution in [0.2, 0.25) is 0 Å². The topological polar surface area (TPSA) is 37.6 Å². The molecule has 0 saturated carbocycles. The van der Waals surface area contributed by atoms with E-state index >= 15 is 0 Å². The number of aryl methyl sites for hydroxylation is 1. The molecule has 0 amide bonds. The third kappa shape index (κ3) is 6.01. The van der Waals surface area contributed by atoms with E-state index in [4.69, 9.17) is 0 Å². The van der Waals surface area contributed by atoms with Crippen LogP contribution >= 0.6 is 0 Å². The van der Waals surface area contributed by atoms with Gasteiger partial charge in [0.2, 0.25) is 0 Å². The molecule has 1 aromatic heterocycles. The minimum atomic E-state index is 0. The molecule has 0 aliphatic rings. The largest absolute Gasteiger partial charge is 2.00 e. The fraction of sp³-hybridized carbons (Fsp3) is 0.417. The summed E-state index contributed by atoms with van der Waals surface area (Å²) in [6.45, 7) is 5.98. The molecule has 3 nitrogen and oxygen atoms in total. The van der Waals surface area contributed by atoms with Crippen molar-refractivity contribution in [3.8, 4) is 0 Å². The van der Waals surface area contributed by atoms with Crippen LogP contribution in [0.1, 0.15) is 30.8 Å². The zero-order valence-corrected chi connectivity index (χ0v) is 14.1. The van der Waals surface area contributed by atoms with E-state index in [1.54, 1.807) is 14.1 Å². The zero-order valence-electron chi connectivity index (χ0n) is 11.2. The summed E-state index contributed by atoms with van der Waals surface area (Å²) in [6, 6.07) is 4.07. The average molecular weight is 325 g/mol. The van der Waals surface area contributed by atoms with Gasteiger partial charge < -0.3 is 24.8 Å². The first kappa shape index (κ1) is 22.8. The van der Waals surface area contributed by atoms with Crippen molar-refractivity contribution in [1.82, 2.24) is 4.98 Å². The number of aromatic nitrogens is 1. The zero-order chi connectivity index (χ0) is 11.4. The van der Waals surface area contributed by atoms with Gasteiger partial charge in [0.1, 0.15) is 0 Å². The van der Waals surface area contributed by atoms with Crippen molar-refractivity contribution in [3.63, 3.8) is 0 Å². The molecule has 6 heteroatoms. The van der Waals surface area contributed by atoms with Crippen LogP contribution in [0.3, 0.4) is 0 Å². The van der Waals surface area contributed by atoms with Crippen molar-refractivity contribution in [2.45, 2.75) is 20.8 Å². The molecule has 0 spiro atoms. The van der Waals surface area contributed by atoms with Crippen molar-refractivity contribution in [2.24, 2.45) is 9.98 Å². The Kier molecular flexibility index (Phi) is 13.4. The molecule has 0 N–H and O–H groups in total. The summed E-state index contributed by atoms with van der Waals surface area (Å²) in [5.74, 6) is 0. The van der Waals surface area contributed by atoms with E-state index in [-0.39, 0.29) is 43.4 Å². The van der Waals surface area contributed by atoms with E-state index in [0.29, 0.717) is 0 Å². The predicted molar refractivity (Wildman–Crippen MR) is 65.2 cm³/mol. The molecular formula is C12H17Cl2N3V. The van der Waals surface area contributed by atoms with E-state index < -0.39 is 0 Å². The Hall–Kier alpha value is -0.346. The van der Waals surface area contributed by atoms with Gasteiger partial charge in [0.25, 0.3) is 0 Å². The van der Waals surface area contributed by atoms with Gasteiger partial charge in [0.05, 0.1) is 22.8 Å². The number of rotatable bonds is 2. The van der Waals surface area contributed by atoms with Crippen molar-refractivity contribution in [3.05, 3.63) is 29.1 Å². The second kappa shape index (κ2) is 10.6. The molecule has 18 heavy (non-hydrogen) atoms. The minimum Gasteiger partial charge on any atom is -1.00 e. The molecule has 0 aliphatic carbocycles. The van der Waals surface area contributed by atoms with Gasteiger partial charge in [-0.15, -0.1) is 0 Å².